The summed E-state index contributed by atoms with van der Waals surface area (Å²) in [5.41, 5.74) is 0.973. The van der Waals surface area contributed by atoms with E-state index >= 15 is 0 Å². The lowest BCUT2D eigenvalue weighted by Gasteiger charge is -2.31. The normalized spacial score (nSPS) is 15.9. The van der Waals surface area contributed by atoms with E-state index < -0.39 is 0 Å². The number of nitrogens with one attached hydrogen (secondary N) is 2. The Balaban J connectivity index is 0.00000312. The lowest BCUT2D eigenvalue weighted by molar-refractivity contribution is -0.117. The van der Waals surface area contributed by atoms with Crippen LogP contribution in [-0.2, 0) is 17.3 Å². The zero-order valence-electron chi connectivity index (χ0n) is 16.7. The number of piperidine rings is 1. The van der Waals surface area contributed by atoms with Crippen LogP contribution in [0.4, 0.5) is 5.82 Å². The van der Waals surface area contributed by atoms with Crippen LogP contribution in [-0.4, -0.2) is 53.8 Å². The van der Waals surface area contributed by atoms with E-state index in [1.54, 1.807) is 4.68 Å². The molecule has 1 saturated heterocycles. The largest absolute Gasteiger partial charge is 0.320 e. The van der Waals surface area contributed by atoms with Crippen molar-refractivity contribution in [1.82, 2.24) is 20.0 Å². The number of hydrogen-bond donors (Lipinski definition) is 2. The highest BCUT2D eigenvalue weighted by atomic mass is 35.5. The Morgan fingerprint density at radius 3 is 2.38 bits per heavy atom. The molecule has 0 saturated carbocycles. The van der Waals surface area contributed by atoms with Gasteiger partial charge in [-0.2, -0.15) is 5.10 Å². The maximum absolute atomic E-state index is 12.3. The third kappa shape index (κ3) is 7.43. The van der Waals surface area contributed by atoms with Crippen molar-refractivity contribution < 1.29 is 4.79 Å². The average molecular weight is 408 g/mol. The Kier molecular flexibility index (Phi) is 10.8. The minimum absolute atomic E-state index is 0. The van der Waals surface area contributed by atoms with E-state index in [9.17, 15) is 4.79 Å². The molecule has 6 nitrogen and oxygen atoms in total. The molecule has 2 heterocycles. The number of aryl methyl sites for hydroxylation is 1. The summed E-state index contributed by atoms with van der Waals surface area (Å²) in [5, 5.41) is 10.7. The highest BCUT2D eigenvalue weighted by molar-refractivity contribution is 5.91. The average Bonchev–Trinajstić information content (AvgIpc) is 2.88. The van der Waals surface area contributed by atoms with Crippen LogP contribution >= 0.6 is 24.8 Å². The van der Waals surface area contributed by atoms with Gasteiger partial charge in [-0.05, 0) is 51.9 Å². The standard InChI is InChI=1S/C18H33N5O.2ClH/c1-18(2,3)15-12-16(22(5)21-15)20-17(24)13-23-10-7-14(8-11-23)6-9-19-4;;/h12,14,19H,6-11,13H2,1-5H3,(H,20,24);2*1H. The van der Waals surface area contributed by atoms with E-state index in [1.807, 2.05) is 20.2 Å². The third-order valence-corrected chi connectivity index (χ3v) is 4.79. The number of halogens is 2. The maximum atomic E-state index is 12.3. The number of carbonyl (C=O) groups is 1. The number of nitrogens with zero attached hydrogens (tertiary/aromatic N) is 3. The van der Waals surface area contributed by atoms with Gasteiger partial charge in [0.15, 0.2) is 0 Å². The number of rotatable bonds is 6. The lowest BCUT2D eigenvalue weighted by Crippen LogP contribution is -2.39. The smallest absolute Gasteiger partial charge is 0.239 e. The molecule has 8 heteroatoms. The van der Waals surface area contributed by atoms with Gasteiger partial charge < -0.3 is 10.6 Å². The Hall–Kier alpha value is -0.820. The van der Waals surface area contributed by atoms with Crippen molar-refractivity contribution >= 4 is 36.5 Å². The van der Waals surface area contributed by atoms with Crippen LogP contribution in [0.5, 0.6) is 0 Å². The Labute approximate surface area is 170 Å². The van der Waals surface area contributed by atoms with E-state index in [1.165, 1.54) is 19.3 Å². The summed E-state index contributed by atoms with van der Waals surface area (Å²) >= 11 is 0. The molecule has 1 aromatic rings. The summed E-state index contributed by atoms with van der Waals surface area (Å²) in [5.74, 6) is 1.61. The first-order chi connectivity index (χ1) is 11.3. The molecule has 2 rings (SSSR count). The maximum Gasteiger partial charge on any atom is 0.239 e. The topological polar surface area (TPSA) is 62.2 Å². The molecule has 2 N–H and O–H groups in total. The van der Waals surface area contributed by atoms with E-state index in [0.717, 1.165) is 37.1 Å². The fourth-order valence-corrected chi connectivity index (χ4v) is 3.12. The van der Waals surface area contributed by atoms with Crippen molar-refractivity contribution in [1.29, 1.82) is 0 Å². The van der Waals surface area contributed by atoms with Crippen LogP contribution in [0.2, 0.25) is 0 Å². The Morgan fingerprint density at radius 1 is 1.27 bits per heavy atom. The molecule has 0 aromatic carbocycles. The molecule has 0 unspecified atom stereocenters. The number of hydrogen-bond acceptors (Lipinski definition) is 4. The van der Waals surface area contributed by atoms with Crippen LogP contribution in [0.1, 0.15) is 45.7 Å². The minimum Gasteiger partial charge on any atom is -0.320 e. The van der Waals surface area contributed by atoms with E-state index in [4.69, 9.17) is 0 Å². The fourth-order valence-electron chi connectivity index (χ4n) is 3.12. The third-order valence-electron chi connectivity index (χ3n) is 4.79. The van der Waals surface area contributed by atoms with Gasteiger partial charge in [0, 0.05) is 18.5 Å². The summed E-state index contributed by atoms with van der Waals surface area (Å²) in [4.78, 5) is 14.6. The van der Waals surface area contributed by atoms with E-state index in [-0.39, 0.29) is 36.1 Å². The first kappa shape index (κ1) is 25.2. The van der Waals surface area contributed by atoms with Crippen LogP contribution in [0.3, 0.4) is 0 Å². The highest BCUT2D eigenvalue weighted by Crippen LogP contribution is 2.23. The summed E-state index contributed by atoms with van der Waals surface area (Å²) in [6.07, 6.45) is 3.62. The first-order valence-corrected chi connectivity index (χ1v) is 9.01. The van der Waals surface area contributed by atoms with Gasteiger partial charge in [-0.25, -0.2) is 0 Å². The summed E-state index contributed by atoms with van der Waals surface area (Å²) in [7, 11) is 3.88. The molecular formula is C18H35Cl2N5O. The molecule has 1 amide bonds. The van der Waals surface area contributed by atoms with Gasteiger partial charge in [0.1, 0.15) is 5.82 Å². The number of aromatic nitrogens is 2. The summed E-state index contributed by atoms with van der Waals surface area (Å²) < 4.78 is 1.75. The Bertz CT molecular complexity index is 548. The second-order valence-electron chi connectivity index (χ2n) is 7.95. The van der Waals surface area contributed by atoms with Crippen LogP contribution < -0.4 is 10.6 Å². The van der Waals surface area contributed by atoms with Crippen molar-refractivity contribution in [3.8, 4) is 0 Å². The van der Waals surface area contributed by atoms with E-state index in [2.05, 4.69) is 41.4 Å². The number of carbonyl (C=O) groups excluding carboxylic acids is 1. The van der Waals surface area contributed by atoms with Gasteiger partial charge in [0.2, 0.25) is 5.91 Å². The molecule has 1 aromatic heterocycles. The first-order valence-electron chi connectivity index (χ1n) is 9.01. The second-order valence-corrected chi connectivity index (χ2v) is 7.95. The zero-order chi connectivity index (χ0) is 17.7. The Morgan fingerprint density at radius 2 is 1.88 bits per heavy atom. The minimum atomic E-state index is -0.0179. The SMILES string of the molecule is CNCCC1CCN(CC(=O)Nc2cc(C(C)(C)C)nn2C)CC1.Cl.Cl. The lowest BCUT2D eigenvalue weighted by atomic mass is 9.92. The van der Waals surface area contributed by atoms with Gasteiger partial charge in [-0.15, -0.1) is 24.8 Å². The van der Waals surface area contributed by atoms with Crippen LogP contribution in [0, 0.1) is 5.92 Å². The second kappa shape index (κ2) is 11.1. The predicted molar refractivity (Wildman–Crippen MR) is 113 cm³/mol. The van der Waals surface area contributed by atoms with E-state index in [0.29, 0.717) is 6.54 Å². The van der Waals surface area contributed by atoms with Gasteiger partial charge in [0.05, 0.1) is 12.2 Å². The molecular weight excluding hydrogens is 373 g/mol. The van der Waals surface area contributed by atoms with Crippen LogP contribution in [0.15, 0.2) is 6.07 Å². The number of anilines is 1. The molecule has 0 spiro atoms. The molecule has 152 valence electrons. The molecule has 1 aliphatic rings. The molecule has 26 heavy (non-hydrogen) atoms. The van der Waals surface area contributed by atoms with Crippen molar-refractivity contribution in [3.05, 3.63) is 11.8 Å². The van der Waals surface area contributed by atoms with Gasteiger partial charge in [-0.3, -0.25) is 14.4 Å². The quantitative estimate of drug-likeness (QED) is 0.760. The monoisotopic (exact) mass is 407 g/mol. The summed E-state index contributed by atoms with van der Waals surface area (Å²) in [6, 6.07) is 1.97. The molecule has 0 atom stereocenters. The summed E-state index contributed by atoms with van der Waals surface area (Å²) in [6.45, 7) is 9.95. The van der Waals surface area contributed by atoms with Gasteiger partial charge in [0.25, 0.3) is 0 Å². The fraction of sp³-hybridized carbons (Fsp3) is 0.778. The molecule has 1 fully saturated rings. The molecule has 0 radical (unpaired) electrons. The van der Waals surface area contributed by atoms with Crippen molar-refractivity contribution in [2.45, 2.75) is 45.4 Å². The number of likely N-dealkylation sites (tertiary alicyclic amines) is 1. The number of amides is 1. The molecule has 0 bridgehead atoms. The van der Waals surface area contributed by atoms with Crippen molar-refractivity contribution in [3.63, 3.8) is 0 Å². The van der Waals surface area contributed by atoms with Crippen molar-refractivity contribution in [2.75, 3.05) is 38.5 Å². The molecule has 0 aliphatic carbocycles. The van der Waals surface area contributed by atoms with Crippen LogP contribution in [0.25, 0.3) is 0 Å². The highest BCUT2D eigenvalue weighted by Gasteiger charge is 2.22. The molecule has 1 aliphatic heterocycles. The van der Waals surface area contributed by atoms with Gasteiger partial charge >= 0.3 is 0 Å². The van der Waals surface area contributed by atoms with Crippen molar-refractivity contribution in [2.24, 2.45) is 13.0 Å². The van der Waals surface area contributed by atoms with Gasteiger partial charge in [-0.1, -0.05) is 20.8 Å². The zero-order valence-corrected chi connectivity index (χ0v) is 18.3. The predicted octanol–water partition coefficient (Wildman–Crippen LogP) is 2.82.